The number of unbranched alkanes of at least 4 members (excludes halogenated alkanes) is 5. The average molecular weight is 402 g/mol. The molecule has 0 aliphatic rings. The zero-order valence-corrected chi connectivity index (χ0v) is 17.1. The number of phenols is 1. The quantitative estimate of drug-likeness (QED) is 0.323. The molecule has 0 aliphatic heterocycles. The van der Waals surface area contributed by atoms with Crippen molar-refractivity contribution in [1.29, 1.82) is 0 Å². The summed E-state index contributed by atoms with van der Waals surface area (Å²) in [5.74, 6) is 0.622. The smallest absolute Gasteiger partial charge is 0.160 e. The summed E-state index contributed by atoms with van der Waals surface area (Å²) in [4.78, 5) is 1.60. The van der Waals surface area contributed by atoms with Gasteiger partial charge < -0.3 is 9.84 Å². The van der Waals surface area contributed by atoms with E-state index in [-0.39, 0.29) is 11.1 Å². The van der Waals surface area contributed by atoms with E-state index in [1.54, 1.807) is 16.9 Å². The number of phenolic OH excluding ortho intramolecular Hbond substituents is 1. The van der Waals surface area contributed by atoms with Crippen molar-refractivity contribution in [3.05, 3.63) is 48.0 Å². The van der Waals surface area contributed by atoms with Crippen molar-refractivity contribution in [3.63, 3.8) is 0 Å². The Morgan fingerprint density at radius 3 is 2.36 bits per heavy atom. The maximum Gasteiger partial charge on any atom is 0.160 e. The Kier molecular flexibility index (Phi) is 7.54. The number of rotatable bonds is 11. The van der Waals surface area contributed by atoms with E-state index in [1.165, 1.54) is 25.7 Å². The van der Waals surface area contributed by atoms with E-state index in [0.29, 0.717) is 18.9 Å². The van der Waals surface area contributed by atoms with Crippen LogP contribution in [-0.2, 0) is 6.54 Å². The van der Waals surface area contributed by atoms with Crippen molar-refractivity contribution < 1.29 is 9.84 Å². The minimum atomic E-state index is -0.347. The third-order valence-corrected chi connectivity index (χ3v) is 5.14. The van der Waals surface area contributed by atoms with E-state index in [2.05, 4.69) is 17.1 Å². The minimum Gasteiger partial charge on any atom is -0.504 e. The predicted octanol–water partition coefficient (Wildman–Crippen LogP) is 5.86. The number of hydrogen-bond acceptors (Lipinski definition) is 4. The lowest BCUT2D eigenvalue weighted by atomic mass is 10.1. The van der Waals surface area contributed by atoms with Gasteiger partial charge in [0.25, 0.3) is 0 Å². The maximum absolute atomic E-state index is 10.3. The molecule has 28 heavy (non-hydrogen) atoms. The van der Waals surface area contributed by atoms with Crippen LogP contribution in [0.25, 0.3) is 11.0 Å². The van der Waals surface area contributed by atoms with Crippen LogP contribution in [0.5, 0.6) is 11.5 Å². The molecule has 0 bridgehead atoms. The van der Waals surface area contributed by atoms with Crippen LogP contribution in [0.4, 0.5) is 0 Å². The molecular weight excluding hydrogens is 374 g/mol. The van der Waals surface area contributed by atoms with Crippen LogP contribution in [0.3, 0.4) is 0 Å². The van der Waals surface area contributed by atoms with Crippen molar-refractivity contribution in [2.75, 3.05) is 6.61 Å². The number of alkyl halides is 1. The molecule has 1 atom stereocenters. The van der Waals surface area contributed by atoms with Gasteiger partial charge >= 0.3 is 0 Å². The summed E-state index contributed by atoms with van der Waals surface area (Å²) in [6.45, 7) is 3.26. The summed E-state index contributed by atoms with van der Waals surface area (Å²) >= 11 is 6.53. The SMILES string of the molecule is CCCCCCCCOc1ccc(C(Cl)Cn2nc3ccccc3n2)cc1O. The third kappa shape index (κ3) is 5.61. The molecule has 0 spiro atoms. The normalized spacial score (nSPS) is 12.4. The highest BCUT2D eigenvalue weighted by atomic mass is 35.5. The lowest BCUT2D eigenvalue weighted by molar-refractivity contribution is 0.288. The van der Waals surface area contributed by atoms with Crippen LogP contribution < -0.4 is 4.74 Å². The van der Waals surface area contributed by atoms with Gasteiger partial charge in [-0.3, -0.25) is 0 Å². The van der Waals surface area contributed by atoms with Gasteiger partial charge in [0.1, 0.15) is 11.0 Å². The topological polar surface area (TPSA) is 60.2 Å². The molecule has 1 N–H and O–H groups in total. The molecule has 1 unspecified atom stereocenters. The number of aromatic hydroxyl groups is 1. The zero-order valence-electron chi connectivity index (χ0n) is 16.4. The van der Waals surface area contributed by atoms with E-state index in [4.69, 9.17) is 16.3 Å². The van der Waals surface area contributed by atoms with Gasteiger partial charge in [0.05, 0.1) is 18.5 Å². The van der Waals surface area contributed by atoms with E-state index in [1.807, 2.05) is 30.3 Å². The van der Waals surface area contributed by atoms with E-state index in [9.17, 15) is 5.11 Å². The van der Waals surface area contributed by atoms with Crippen LogP contribution in [0.15, 0.2) is 42.5 Å². The Morgan fingerprint density at radius 1 is 1.00 bits per heavy atom. The molecule has 0 amide bonds. The Labute approximate surface area is 171 Å². The summed E-state index contributed by atoms with van der Waals surface area (Å²) in [6, 6.07) is 13.0. The predicted molar refractivity (Wildman–Crippen MR) is 113 cm³/mol. The van der Waals surface area contributed by atoms with Crippen LogP contribution in [0.1, 0.15) is 56.4 Å². The average Bonchev–Trinajstić information content (AvgIpc) is 3.10. The van der Waals surface area contributed by atoms with Crippen LogP contribution >= 0.6 is 11.6 Å². The molecule has 3 rings (SSSR count). The second kappa shape index (κ2) is 10.3. The second-order valence-electron chi connectivity index (χ2n) is 7.05. The van der Waals surface area contributed by atoms with Crippen molar-refractivity contribution in [2.24, 2.45) is 0 Å². The molecule has 5 nitrogen and oxygen atoms in total. The maximum atomic E-state index is 10.3. The van der Waals surface area contributed by atoms with Crippen molar-refractivity contribution in [1.82, 2.24) is 15.0 Å². The molecule has 1 aromatic heterocycles. The summed E-state index contributed by atoms with van der Waals surface area (Å²) in [5.41, 5.74) is 2.49. The summed E-state index contributed by atoms with van der Waals surface area (Å²) in [6.07, 6.45) is 7.24. The highest BCUT2D eigenvalue weighted by molar-refractivity contribution is 6.20. The largest absolute Gasteiger partial charge is 0.504 e. The van der Waals surface area contributed by atoms with Gasteiger partial charge in [-0.25, -0.2) is 0 Å². The van der Waals surface area contributed by atoms with Gasteiger partial charge in [0.2, 0.25) is 0 Å². The first-order valence-corrected chi connectivity index (χ1v) is 10.5. The molecule has 0 aliphatic carbocycles. The number of halogens is 1. The number of hydrogen-bond donors (Lipinski definition) is 1. The second-order valence-corrected chi connectivity index (χ2v) is 7.58. The van der Waals surface area contributed by atoms with Crippen molar-refractivity contribution >= 4 is 22.6 Å². The molecule has 0 saturated carbocycles. The molecular formula is C22H28ClN3O2. The summed E-state index contributed by atoms with van der Waals surface area (Å²) in [7, 11) is 0. The number of benzene rings is 2. The van der Waals surface area contributed by atoms with Gasteiger partial charge in [0, 0.05) is 0 Å². The monoisotopic (exact) mass is 401 g/mol. The Balaban J connectivity index is 1.51. The first-order valence-electron chi connectivity index (χ1n) is 10.1. The molecule has 0 saturated heterocycles. The van der Waals surface area contributed by atoms with Crippen molar-refractivity contribution in [2.45, 2.75) is 57.4 Å². The molecule has 3 aromatic rings. The fraction of sp³-hybridized carbons (Fsp3) is 0.455. The lowest BCUT2D eigenvalue weighted by Gasteiger charge is -2.12. The van der Waals surface area contributed by atoms with Crippen LogP contribution in [-0.4, -0.2) is 26.7 Å². The molecule has 0 fully saturated rings. The van der Waals surface area contributed by atoms with E-state index in [0.717, 1.165) is 29.4 Å². The Bertz CT molecular complexity index is 848. The molecule has 2 aromatic carbocycles. The first kappa shape index (κ1) is 20.5. The highest BCUT2D eigenvalue weighted by Crippen LogP contribution is 2.32. The van der Waals surface area contributed by atoms with Gasteiger partial charge in [-0.15, -0.1) is 11.6 Å². The minimum absolute atomic E-state index is 0.118. The zero-order chi connectivity index (χ0) is 19.8. The van der Waals surface area contributed by atoms with Crippen LogP contribution in [0, 0.1) is 0 Å². The molecule has 1 heterocycles. The van der Waals surface area contributed by atoms with Crippen LogP contribution in [0.2, 0.25) is 0 Å². The number of aromatic nitrogens is 3. The fourth-order valence-corrected chi connectivity index (χ4v) is 3.41. The number of nitrogens with zero attached hydrogens (tertiary/aromatic N) is 3. The fourth-order valence-electron chi connectivity index (χ4n) is 3.15. The van der Waals surface area contributed by atoms with Gasteiger partial charge in [-0.05, 0) is 36.2 Å². The Morgan fingerprint density at radius 2 is 1.68 bits per heavy atom. The van der Waals surface area contributed by atoms with Crippen molar-refractivity contribution in [3.8, 4) is 11.5 Å². The summed E-state index contributed by atoms with van der Waals surface area (Å²) in [5, 5.41) is 18.8. The lowest BCUT2D eigenvalue weighted by Crippen LogP contribution is -2.08. The van der Waals surface area contributed by atoms with Gasteiger partial charge in [0.15, 0.2) is 11.5 Å². The number of ether oxygens (including phenoxy) is 1. The molecule has 0 radical (unpaired) electrons. The third-order valence-electron chi connectivity index (χ3n) is 4.75. The molecule has 150 valence electrons. The Hall–Kier alpha value is -2.27. The summed E-state index contributed by atoms with van der Waals surface area (Å²) < 4.78 is 5.71. The van der Waals surface area contributed by atoms with E-state index >= 15 is 0 Å². The van der Waals surface area contributed by atoms with Gasteiger partial charge in [-0.2, -0.15) is 15.0 Å². The molecule has 6 heteroatoms. The van der Waals surface area contributed by atoms with E-state index < -0.39 is 0 Å². The standard InChI is InChI=1S/C22H28ClN3O2/c1-2-3-4-5-6-9-14-28-22-13-12-17(15-21(22)27)18(23)16-26-24-19-10-7-8-11-20(19)25-26/h7-8,10-13,15,18,27H,2-6,9,14,16H2,1H3. The highest BCUT2D eigenvalue weighted by Gasteiger charge is 2.14. The number of fused-ring (bicyclic) bond motifs is 1. The van der Waals surface area contributed by atoms with Gasteiger partial charge in [-0.1, -0.05) is 57.2 Å². The first-order chi connectivity index (χ1) is 13.7.